The van der Waals surface area contributed by atoms with E-state index in [0.29, 0.717) is 11.6 Å². The van der Waals surface area contributed by atoms with E-state index >= 15 is 0 Å². The van der Waals surface area contributed by atoms with E-state index in [1.54, 1.807) is 0 Å². The van der Waals surface area contributed by atoms with Crippen molar-refractivity contribution in [3.05, 3.63) is 100 Å². The fourth-order valence-corrected chi connectivity index (χ4v) is 6.03. The summed E-state index contributed by atoms with van der Waals surface area (Å²) in [5, 5.41) is 4.26. The molecule has 3 aromatic rings. The number of piperidine rings is 1. The molecule has 1 amide bonds. The highest BCUT2D eigenvalue weighted by atomic mass is 35.5. The largest absolute Gasteiger partial charge is 0.378 e. The van der Waals surface area contributed by atoms with Crippen molar-refractivity contribution in [2.45, 2.75) is 51.6 Å². The van der Waals surface area contributed by atoms with Crippen LogP contribution in [0.3, 0.4) is 0 Å². The minimum absolute atomic E-state index is 0.119. The van der Waals surface area contributed by atoms with Crippen molar-refractivity contribution >= 4 is 28.9 Å². The zero-order chi connectivity index (χ0) is 25.9. The molecule has 0 saturated carbocycles. The Morgan fingerprint density at radius 1 is 1.14 bits per heavy atom. The normalized spacial score (nSPS) is 17.4. The van der Waals surface area contributed by atoms with Gasteiger partial charge in [-0.05, 0) is 81.0 Å². The van der Waals surface area contributed by atoms with E-state index in [9.17, 15) is 4.79 Å². The Bertz CT molecular complexity index is 1300. The van der Waals surface area contributed by atoms with E-state index in [4.69, 9.17) is 11.6 Å². The number of fused-ring (bicyclic) bond motifs is 1. The number of anilines is 1. The molecule has 192 valence electrons. The third kappa shape index (κ3) is 5.37. The Morgan fingerprint density at radius 2 is 1.92 bits per heavy atom. The van der Waals surface area contributed by atoms with Crippen LogP contribution in [0.5, 0.6) is 0 Å². The molecule has 1 aromatic heterocycles. The maximum absolute atomic E-state index is 13.7. The molecule has 5 rings (SSSR count). The van der Waals surface area contributed by atoms with Crippen molar-refractivity contribution in [3.8, 4) is 0 Å². The van der Waals surface area contributed by atoms with Gasteiger partial charge in [0.25, 0.3) is 5.91 Å². The maximum Gasteiger partial charge on any atom is 0.254 e. The van der Waals surface area contributed by atoms with Gasteiger partial charge in [-0.25, -0.2) is 0 Å². The summed E-state index contributed by atoms with van der Waals surface area (Å²) in [6.45, 7) is 10.9. The summed E-state index contributed by atoms with van der Waals surface area (Å²) in [7, 11) is 0. The monoisotopic (exact) mass is 514 g/mol. The second-order valence-corrected chi connectivity index (χ2v) is 10.5. The van der Waals surface area contributed by atoms with Crippen molar-refractivity contribution in [3.63, 3.8) is 0 Å². The van der Waals surface area contributed by atoms with Crippen molar-refractivity contribution in [1.29, 1.82) is 0 Å². The molecule has 0 spiro atoms. The summed E-state index contributed by atoms with van der Waals surface area (Å²) in [4.78, 5) is 22.5. The average Bonchev–Trinajstić information content (AvgIpc) is 3.31. The number of carbonyl (C=O) groups is 1. The van der Waals surface area contributed by atoms with E-state index in [1.165, 1.54) is 16.8 Å². The molecule has 2 aromatic carbocycles. The Hall–Kier alpha value is -3.31. The summed E-state index contributed by atoms with van der Waals surface area (Å²) in [5.74, 6) is 0.124. The molecule has 5 nitrogen and oxygen atoms in total. The minimum Gasteiger partial charge on any atom is -0.378 e. The highest BCUT2D eigenvalue weighted by Gasteiger charge is 2.30. The lowest BCUT2D eigenvalue weighted by atomic mass is 9.99. The summed E-state index contributed by atoms with van der Waals surface area (Å²) in [6, 6.07) is 18.6. The molecule has 0 radical (unpaired) electrons. The Morgan fingerprint density at radius 3 is 2.65 bits per heavy atom. The molecule has 2 aliphatic rings. The number of hydrogen-bond donors (Lipinski definition) is 1. The van der Waals surface area contributed by atoms with Crippen LogP contribution in [-0.4, -0.2) is 41.5 Å². The number of rotatable bonds is 7. The number of pyridine rings is 1. The van der Waals surface area contributed by atoms with Gasteiger partial charge in [-0.3, -0.25) is 9.78 Å². The van der Waals surface area contributed by atoms with Crippen molar-refractivity contribution in [1.82, 2.24) is 15.2 Å². The predicted octanol–water partition coefficient (Wildman–Crippen LogP) is 6.42. The number of nitrogens with one attached hydrogen (secondary N) is 1. The standard InChI is InChI=1S/C31H35ClN4O/c1-4-36(25-14-17-35(18-15-25)26-13-16-33-21(2)19-26)31(37)24-10-9-23-11-12-30(28(23)20-24)34-22(3)27-7-5-6-8-29(27)32/h5-10,13,16,19-20,25,30,34H,3-4,11-12,14-15,17-18H2,1-2H3. The second kappa shape index (κ2) is 11.0. The fourth-order valence-electron chi connectivity index (χ4n) is 5.78. The van der Waals surface area contributed by atoms with Gasteiger partial charge in [0, 0.05) is 65.1 Å². The highest BCUT2D eigenvalue weighted by Crippen LogP contribution is 2.35. The molecule has 0 bridgehead atoms. The van der Waals surface area contributed by atoms with Crippen LogP contribution in [0, 0.1) is 6.92 Å². The van der Waals surface area contributed by atoms with Crippen LogP contribution in [0.15, 0.2) is 67.4 Å². The molecular weight excluding hydrogens is 480 g/mol. The van der Waals surface area contributed by atoms with Crippen LogP contribution in [0.2, 0.25) is 5.02 Å². The van der Waals surface area contributed by atoms with Gasteiger partial charge < -0.3 is 15.1 Å². The number of hydrogen-bond acceptors (Lipinski definition) is 4. The number of aromatic nitrogens is 1. The van der Waals surface area contributed by atoms with E-state index in [-0.39, 0.29) is 18.0 Å². The highest BCUT2D eigenvalue weighted by molar-refractivity contribution is 6.32. The maximum atomic E-state index is 13.7. The number of nitrogens with zero attached hydrogens (tertiary/aromatic N) is 3. The lowest BCUT2D eigenvalue weighted by Crippen LogP contribution is -2.47. The minimum atomic E-state index is 0.119. The molecule has 1 aliphatic heterocycles. The number of carbonyl (C=O) groups excluding carboxylic acids is 1. The summed E-state index contributed by atoms with van der Waals surface area (Å²) in [5.41, 5.74) is 7.23. The first kappa shape index (κ1) is 25.3. The van der Waals surface area contributed by atoms with Crippen LogP contribution in [0.25, 0.3) is 5.70 Å². The summed E-state index contributed by atoms with van der Waals surface area (Å²) in [6.07, 6.45) is 5.77. The van der Waals surface area contributed by atoms with Crippen molar-refractivity contribution in [2.75, 3.05) is 24.5 Å². The van der Waals surface area contributed by atoms with Gasteiger partial charge in [0.15, 0.2) is 0 Å². The van der Waals surface area contributed by atoms with Crippen molar-refractivity contribution in [2.24, 2.45) is 0 Å². The molecular formula is C31H35ClN4O. The zero-order valence-electron chi connectivity index (χ0n) is 21.7. The van der Waals surface area contributed by atoms with Crippen molar-refractivity contribution < 1.29 is 4.79 Å². The average molecular weight is 515 g/mol. The first-order chi connectivity index (χ1) is 17.9. The van der Waals surface area contributed by atoms with Crippen LogP contribution < -0.4 is 10.2 Å². The van der Waals surface area contributed by atoms with Gasteiger partial charge in [-0.15, -0.1) is 0 Å². The first-order valence-corrected chi connectivity index (χ1v) is 13.6. The van der Waals surface area contributed by atoms with Crippen LogP contribution in [0.4, 0.5) is 5.69 Å². The van der Waals surface area contributed by atoms with E-state index in [1.807, 2.05) is 43.5 Å². The third-order valence-corrected chi connectivity index (χ3v) is 8.10. The first-order valence-electron chi connectivity index (χ1n) is 13.3. The lowest BCUT2D eigenvalue weighted by Gasteiger charge is -2.39. The topological polar surface area (TPSA) is 48.5 Å². The van der Waals surface area contributed by atoms with Gasteiger partial charge in [0.05, 0.1) is 6.04 Å². The molecule has 1 unspecified atom stereocenters. The molecule has 1 atom stereocenters. The van der Waals surface area contributed by atoms with Gasteiger partial charge >= 0.3 is 0 Å². The third-order valence-electron chi connectivity index (χ3n) is 7.77. The molecule has 1 fully saturated rings. The Balaban J connectivity index is 1.27. The van der Waals surface area contributed by atoms with Crippen LogP contribution in [-0.2, 0) is 6.42 Å². The van der Waals surface area contributed by atoms with Gasteiger partial charge in [0.1, 0.15) is 0 Å². The van der Waals surface area contributed by atoms with E-state index in [0.717, 1.165) is 61.3 Å². The number of benzene rings is 2. The fraction of sp³-hybridized carbons (Fsp3) is 0.355. The SMILES string of the molecule is C=C(NC1CCc2ccc(C(=O)N(CC)C3CCN(c4ccnc(C)c4)CC3)cc21)c1ccccc1Cl. The van der Waals surface area contributed by atoms with E-state index < -0.39 is 0 Å². The summed E-state index contributed by atoms with van der Waals surface area (Å²) >= 11 is 6.39. The lowest BCUT2D eigenvalue weighted by molar-refractivity contribution is 0.0663. The van der Waals surface area contributed by atoms with Gasteiger partial charge in [-0.1, -0.05) is 42.4 Å². The molecule has 1 aliphatic carbocycles. The second-order valence-electron chi connectivity index (χ2n) is 10.1. The van der Waals surface area contributed by atoms with E-state index in [2.05, 4.69) is 57.9 Å². The zero-order valence-corrected chi connectivity index (χ0v) is 22.5. The van der Waals surface area contributed by atoms with Crippen LogP contribution in [0.1, 0.15) is 65.0 Å². The predicted molar refractivity (Wildman–Crippen MR) is 152 cm³/mol. The quantitative estimate of drug-likeness (QED) is 0.395. The molecule has 37 heavy (non-hydrogen) atoms. The Labute approximate surface area is 225 Å². The van der Waals surface area contributed by atoms with Gasteiger partial charge in [0.2, 0.25) is 0 Å². The molecule has 2 heterocycles. The summed E-state index contributed by atoms with van der Waals surface area (Å²) < 4.78 is 0. The smallest absolute Gasteiger partial charge is 0.254 e. The number of aryl methyl sites for hydroxylation is 2. The number of halogens is 1. The van der Waals surface area contributed by atoms with Crippen LogP contribution >= 0.6 is 11.6 Å². The number of amides is 1. The molecule has 1 saturated heterocycles. The molecule has 1 N–H and O–H groups in total. The van der Waals surface area contributed by atoms with Gasteiger partial charge in [-0.2, -0.15) is 0 Å². The Kier molecular flexibility index (Phi) is 7.52. The molecule has 6 heteroatoms.